The smallest absolute Gasteiger partial charge is 0.269 e. The van der Waals surface area contributed by atoms with Crippen LogP contribution in [0.15, 0.2) is 18.2 Å². The molecule has 7 heteroatoms. The maximum atomic E-state index is 12.4. The highest BCUT2D eigenvalue weighted by Gasteiger charge is 2.29. The predicted octanol–water partition coefficient (Wildman–Crippen LogP) is 0.550. The summed E-state index contributed by atoms with van der Waals surface area (Å²) in [5, 5.41) is 20.3. The van der Waals surface area contributed by atoms with Crippen molar-refractivity contribution < 1.29 is 14.8 Å². The van der Waals surface area contributed by atoms with Gasteiger partial charge in [0, 0.05) is 37.5 Å². The van der Waals surface area contributed by atoms with E-state index in [1.165, 1.54) is 6.07 Å². The van der Waals surface area contributed by atoms with E-state index in [4.69, 9.17) is 0 Å². The van der Waals surface area contributed by atoms with Gasteiger partial charge in [-0.3, -0.25) is 19.8 Å². The molecule has 1 N–H and O–H groups in total. The van der Waals surface area contributed by atoms with E-state index < -0.39 is 4.92 Å². The Morgan fingerprint density at radius 1 is 1.43 bits per heavy atom. The van der Waals surface area contributed by atoms with Crippen LogP contribution >= 0.6 is 0 Å². The highest BCUT2D eigenvalue weighted by molar-refractivity contribution is 5.97. The van der Waals surface area contributed by atoms with Gasteiger partial charge in [-0.1, -0.05) is 0 Å². The Morgan fingerprint density at radius 2 is 2.24 bits per heavy atom. The molecule has 7 nitrogen and oxygen atoms in total. The molecule has 1 amide bonds. The van der Waals surface area contributed by atoms with E-state index in [1.807, 2.05) is 4.90 Å². The van der Waals surface area contributed by atoms with E-state index in [1.54, 1.807) is 17.0 Å². The van der Waals surface area contributed by atoms with Gasteiger partial charge in [0.25, 0.3) is 5.69 Å². The summed E-state index contributed by atoms with van der Waals surface area (Å²) in [5.41, 5.74) is 1.68. The van der Waals surface area contributed by atoms with E-state index in [9.17, 15) is 20.0 Å². The van der Waals surface area contributed by atoms with Gasteiger partial charge in [0.1, 0.15) is 0 Å². The van der Waals surface area contributed by atoms with Crippen LogP contribution in [0.25, 0.3) is 0 Å². The van der Waals surface area contributed by atoms with Gasteiger partial charge in [-0.05, 0) is 24.5 Å². The number of carbonyl (C=O) groups is 1. The lowest BCUT2D eigenvalue weighted by Crippen LogP contribution is -2.39. The lowest BCUT2D eigenvalue weighted by atomic mass is 10.1. The molecule has 112 valence electrons. The molecule has 0 bridgehead atoms. The summed E-state index contributed by atoms with van der Waals surface area (Å²) in [6.45, 7) is 2.11. The third-order valence-corrected chi connectivity index (χ3v) is 4.08. The van der Waals surface area contributed by atoms with Crippen LogP contribution in [0, 0.1) is 10.1 Å². The first-order valence-corrected chi connectivity index (χ1v) is 7.02. The molecule has 0 saturated carbocycles. The minimum Gasteiger partial charge on any atom is -0.392 e. The largest absolute Gasteiger partial charge is 0.392 e. The van der Waals surface area contributed by atoms with Crippen LogP contribution in [0.5, 0.6) is 0 Å². The van der Waals surface area contributed by atoms with E-state index >= 15 is 0 Å². The van der Waals surface area contributed by atoms with Gasteiger partial charge in [-0.15, -0.1) is 0 Å². The molecule has 21 heavy (non-hydrogen) atoms. The molecule has 2 aliphatic rings. The van der Waals surface area contributed by atoms with Crippen molar-refractivity contribution in [3.63, 3.8) is 0 Å². The number of hydrogen-bond donors (Lipinski definition) is 1. The lowest BCUT2D eigenvalue weighted by Gasteiger charge is -2.21. The van der Waals surface area contributed by atoms with Gasteiger partial charge in [0.15, 0.2) is 0 Å². The Balaban J connectivity index is 1.72. The van der Waals surface area contributed by atoms with E-state index in [0.717, 1.165) is 17.8 Å². The highest BCUT2D eigenvalue weighted by Crippen LogP contribution is 2.31. The fourth-order valence-corrected chi connectivity index (χ4v) is 2.99. The van der Waals surface area contributed by atoms with Gasteiger partial charge < -0.3 is 10.0 Å². The lowest BCUT2D eigenvalue weighted by molar-refractivity contribution is -0.384. The fraction of sp³-hybridized carbons (Fsp3) is 0.500. The molecule has 0 spiro atoms. The number of likely N-dealkylation sites (tertiary alicyclic amines) is 1. The fourth-order valence-electron chi connectivity index (χ4n) is 2.99. The Bertz CT molecular complexity index is 590. The molecule has 2 heterocycles. The zero-order chi connectivity index (χ0) is 15.0. The summed E-state index contributed by atoms with van der Waals surface area (Å²) in [7, 11) is 0. The van der Waals surface area contributed by atoms with Crippen LogP contribution in [0.4, 0.5) is 11.4 Å². The van der Waals surface area contributed by atoms with Crippen LogP contribution in [0.3, 0.4) is 0 Å². The second-order valence-corrected chi connectivity index (χ2v) is 5.54. The number of nitro groups is 1. The third kappa shape index (κ3) is 2.74. The molecule has 1 saturated heterocycles. The molecule has 0 aromatic heterocycles. The average molecular weight is 291 g/mol. The number of benzene rings is 1. The van der Waals surface area contributed by atoms with Crippen molar-refractivity contribution in [3.05, 3.63) is 33.9 Å². The van der Waals surface area contributed by atoms with E-state index in [-0.39, 0.29) is 24.2 Å². The van der Waals surface area contributed by atoms with E-state index in [0.29, 0.717) is 25.9 Å². The Hall–Kier alpha value is -1.99. The van der Waals surface area contributed by atoms with Crippen molar-refractivity contribution >= 4 is 17.3 Å². The summed E-state index contributed by atoms with van der Waals surface area (Å²) < 4.78 is 0. The van der Waals surface area contributed by atoms with Crippen LogP contribution in [-0.4, -0.2) is 53.1 Å². The molecular weight excluding hydrogens is 274 g/mol. The number of amides is 1. The first-order chi connectivity index (χ1) is 10.0. The minimum atomic E-state index is -0.420. The normalized spacial score (nSPS) is 21.6. The number of anilines is 1. The van der Waals surface area contributed by atoms with Crippen molar-refractivity contribution in [2.75, 3.05) is 31.1 Å². The van der Waals surface area contributed by atoms with Gasteiger partial charge >= 0.3 is 0 Å². The molecule has 1 atom stereocenters. The molecule has 1 unspecified atom stereocenters. The van der Waals surface area contributed by atoms with Gasteiger partial charge in [-0.25, -0.2) is 0 Å². The first kappa shape index (κ1) is 14.0. The van der Waals surface area contributed by atoms with Crippen molar-refractivity contribution in [3.8, 4) is 0 Å². The summed E-state index contributed by atoms with van der Waals surface area (Å²) in [6, 6.07) is 4.63. The topological polar surface area (TPSA) is 86.9 Å². The van der Waals surface area contributed by atoms with Gasteiger partial charge in [0.05, 0.1) is 17.6 Å². The monoisotopic (exact) mass is 291 g/mol. The number of aliphatic hydroxyl groups excluding tert-OH is 1. The number of hydrogen-bond acceptors (Lipinski definition) is 5. The maximum Gasteiger partial charge on any atom is 0.269 e. The first-order valence-electron chi connectivity index (χ1n) is 7.02. The molecule has 2 aliphatic heterocycles. The quantitative estimate of drug-likeness (QED) is 0.649. The number of non-ortho nitro benzene ring substituents is 1. The summed E-state index contributed by atoms with van der Waals surface area (Å²) in [4.78, 5) is 26.3. The van der Waals surface area contributed by atoms with E-state index in [2.05, 4.69) is 0 Å². The number of fused-ring (bicyclic) bond motifs is 1. The Morgan fingerprint density at radius 3 is 2.90 bits per heavy atom. The molecular formula is C14H17N3O4. The SMILES string of the molecule is O=C(CN1CCC(O)C1)N1CCc2cc([N+](=O)[O-])ccc21. The van der Waals surface area contributed by atoms with Gasteiger partial charge in [-0.2, -0.15) is 0 Å². The summed E-state index contributed by atoms with van der Waals surface area (Å²) in [5.74, 6) is -0.0169. The minimum absolute atomic E-state index is 0.0169. The third-order valence-electron chi connectivity index (χ3n) is 4.08. The number of nitro benzene ring substituents is 1. The summed E-state index contributed by atoms with van der Waals surface area (Å²) >= 11 is 0. The number of rotatable bonds is 3. The maximum absolute atomic E-state index is 12.4. The van der Waals surface area contributed by atoms with Crippen LogP contribution in [-0.2, 0) is 11.2 Å². The Labute approximate surface area is 121 Å². The highest BCUT2D eigenvalue weighted by atomic mass is 16.6. The average Bonchev–Trinajstić information content (AvgIpc) is 3.04. The molecule has 0 aliphatic carbocycles. The molecule has 0 radical (unpaired) electrons. The zero-order valence-corrected chi connectivity index (χ0v) is 11.6. The molecule has 3 rings (SSSR count). The van der Waals surface area contributed by atoms with Crippen molar-refractivity contribution in [1.29, 1.82) is 0 Å². The Kier molecular flexibility index (Phi) is 3.60. The van der Waals surface area contributed by atoms with Crippen LogP contribution < -0.4 is 4.90 Å². The second kappa shape index (κ2) is 5.42. The molecule has 1 aromatic carbocycles. The van der Waals surface area contributed by atoms with Gasteiger partial charge in [0.2, 0.25) is 5.91 Å². The number of carbonyl (C=O) groups excluding carboxylic acids is 1. The standard InChI is InChI=1S/C14H17N3O4/c18-12-4-5-15(8-12)9-14(19)16-6-3-10-7-11(17(20)21)1-2-13(10)16/h1-2,7,12,18H,3-6,8-9H2. The van der Waals surface area contributed by atoms with Crippen LogP contribution in [0.1, 0.15) is 12.0 Å². The van der Waals surface area contributed by atoms with Crippen LogP contribution in [0.2, 0.25) is 0 Å². The number of nitrogens with zero attached hydrogens (tertiary/aromatic N) is 3. The number of aliphatic hydroxyl groups is 1. The molecule has 1 aromatic rings. The van der Waals surface area contributed by atoms with Crippen molar-refractivity contribution in [2.24, 2.45) is 0 Å². The predicted molar refractivity (Wildman–Crippen MR) is 76.2 cm³/mol. The summed E-state index contributed by atoms with van der Waals surface area (Å²) in [6.07, 6.45) is 1.01. The van der Waals surface area contributed by atoms with Crippen molar-refractivity contribution in [2.45, 2.75) is 18.9 Å². The van der Waals surface area contributed by atoms with Crippen molar-refractivity contribution in [1.82, 2.24) is 4.90 Å². The second-order valence-electron chi connectivity index (χ2n) is 5.54. The molecule has 1 fully saturated rings. The number of β-amino-alcohol motifs (C(OH)–C–C–N with tert-alkyl or cyclic N) is 1. The zero-order valence-electron chi connectivity index (χ0n) is 11.6.